The molecule has 1 atom stereocenters. The fourth-order valence-corrected chi connectivity index (χ4v) is 6.08. The van der Waals surface area contributed by atoms with Gasteiger partial charge in [-0.2, -0.15) is 26.3 Å². The number of carbonyl (C=O) groups is 1. The van der Waals surface area contributed by atoms with Crippen molar-refractivity contribution in [3.8, 4) is 0 Å². The Kier molecular flexibility index (Phi) is 7.10. The Morgan fingerprint density at radius 2 is 1.71 bits per heavy atom. The van der Waals surface area contributed by atoms with E-state index < -0.39 is 23.7 Å². The first-order valence-electron chi connectivity index (χ1n) is 12.1. The lowest BCUT2D eigenvalue weighted by molar-refractivity contribution is -0.144. The first-order valence-corrected chi connectivity index (χ1v) is 13.0. The van der Waals surface area contributed by atoms with Gasteiger partial charge in [-0.25, -0.2) is 4.98 Å². The number of aromatic amines is 1. The molecule has 3 heterocycles. The summed E-state index contributed by atoms with van der Waals surface area (Å²) >= 11 is 1.64. The Labute approximate surface area is 218 Å². The summed E-state index contributed by atoms with van der Waals surface area (Å²) in [5.41, 5.74) is 1.28. The molecule has 0 radical (unpaired) electrons. The number of imidazole rings is 1. The van der Waals surface area contributed by atoms with E-state index in [1.807, 2.05) is 16.5 Å². The predicted molar refractivity (Wildman–Crippen MR) is 133 cm³/mol. The molecule has 1 N–H and O–H groups in total. The Morgan fingerprint density at radius 3 is 2.37 bits per heavy atom. The second-order valence-corrected chi connectivity index (χ2v) is 10.4. The number of hydrogen-bond acceptors (Lipinski definition) is 4. The smallest absolute Gasteiger partial charge is 0.343 e. The standard InChI is InChI=1S/C26H24F6N4OS/c27-25(28,29)18-4-1-16(2-5-18)3-8-22(37)35-11-9-17(10-12-35)23-36(13-14-38-23)19-6-7-20-21(15-19)34-24(33-20)26(30,31)32/h1-2,4-7,13-15,17,23H,3,8-12H2,(H,33,34). The van der Waals surface area contributed by atoms with E-state index >= 15 is 0 Å². The van der Waals surface area contributed by atoms with Gasteiger partial charge in [0.25, 0.3) is 0 Å². The van der Waals surface area contributed by atoms with Crippen LogP contribution in [-0.4, -0.2) is 39.2 Å². The molecule has 3 aromatic rings. The number of aryl methyl sites for hydroxylation is 1. The third-order valence-electron chi connectivity index (χ3n) is 6.95. The SMILES string of the molecule is O=C(CCc1ccc(C(F)(F)F)cc1)N1CCC(C2SC=CN2c2ccc3[nH]c(C(F)(F)F)nc3c2)CC1. The average Bonchev–Trinajstić information content (AvgIpc) is 3.54. The number of rotatable bonds is 5. The monoisotopic (exact) mass is 554 g/mol. The van der Waals surface area contributed by atoms with Crippen LogP contribution in [0.1, 0.15) is 36.2 Å². The summed E-state index contributed by atoms with van der Waals surface area (Å²) in [6.45, 7) is 1.16. The molecule has 0 spiro atoms. The first kappa shape index (κ1) is 26.5. The molecule has 0 bridgehead atoms. The molecular weight excluding hydrogens is 530 g/mol. The Hall–Kier alpha value is -3.15. The zero-order chi connectivity index (χ0) is 27.1. The van der Waals surface area contributed by atoms with Gasteiger partial charge in [0.2, 0.25) is 11.7 Å². The van der Waals surface area contributed by atoms with Crippen molar-refractivity contribution < 1.29 is 31.1 Å². The molecule has 38 heavy (non-hydrogen) atoms. The van der Waals surface area contributed by atoms with Crippen LogP contribution in [0.15, 0.2) is 54.1 Å². The van der Waals surface area contributed by atoms with Crippen LogP contribution in [0.4, 0.5) is 32.0 Å². The molecule has 5 nitrogen and oxygen atoms in total. The molecule has 2 aromatic carbocycles. The number of nitrogens with zero attached hydrogens (tertiary/aromatic N) is 3. The third kappa shape index (κ3) is 5.64. The molecule has 5 rings (SSSR count). The van der Waals surface area contributed by atoms with Crippen molar-refractivity contribution in [2.24, 2.45) is 5.92 Å². The number of amides is 1. The first-order chi connectivity index (χ1) is 18.0. The summed E-state index contributed by atoms with van der Waals surface area (Å²) in [6.07, 6.45) is -4.88. The molecule has 2 aliphatic rings. The quantitative estimate of drug-likeness (QED) is 0.352. The van der Waals surface area contributed by atoms with Crippen molar-refractivity contribution in [3.05, 3.63) is 71.0 Å². The summed E-state index contributed by atoms with van der Waals surface area (Å²) in [6, 6.07) is 9.89. The highest BCUT2D eigenvalue weighted by Crippen LogP contribution is 2.40. The van der Waals surface area contributed by atoms with Gasteiger partial charge in [0.15, 0.2) is 0 Å². The summed E-state index contributed by atoms with van der Waals surface area (Å²) in [4.78, 5) is 22.6. The van der Waals surface area contributed by atoms with Gasteiger partial charge in [0.05, 0.1) is 22.0 Å². The van der Waals surface area contributed by atoms with Gasteiger partial charge in [0.1, 0.15) is 0 Å². The Bertz CT molecular complexity index is 1330. The number of fused-ring (bicyclic) bond motifs is 1. The second kappa shape index (κ2) is 10.2. The maximum absolute atomic E-state index is 13.0. The molecular formula is C26H24F6N4OS. The molecule has 1 amide bonds. The van der Waals surface area contributed by atoms with E-state index in [0.717, 1.165) is 30.7 Å². The fraction of sp³-hybridized carbons (Fsp3) is 0.385. The fourth-order valence-electron chi connectivity index (χ4n) is 4.90. The summed E-state index contributed by atoms with van der Waals surface area (Å²) < 4.78 is 77.3. The largest absolute Gasteiger partial charge is 0.449 e. The van der Waals surface area contributed by atoms with Gasteiger partial charge < -0.3 is 14.8 Å². The highest BCUT2D eigenvalue weighted by Gasteiger charge is 2.36. The van der Waals surface area contributed by atoms with E-state index in [1.165, 1.54) is 12.1 Å². The number of likely N-dealkylation sites (tertiary alicyclic amines) is 1. The van der Waals surface area contributed by atoms with Gasteiger partial charge in [-0.15, -0.1) is 11.8 Å². The van der Waals surface area contributed by atoms with Crippen molar-refractivity contribution >= 4 is 34.4 Å². The predicted octanol–water partition coefficient (Wildman–Crippen LogP) is 6.82. The van der Waals surface area contributed by atoms with E-state index in [-0.39, 0.29) is 29.1 Å². The number of piperidine rings is 1. The molecule has 1 saturated heterocycles. The lowest BCUT2D eigenvalue weighted by Gasteiger charge is -2.38. The van der Waals surface area contributed by atoms with Crippen LogP contribution in [0.5, 0.6) is 0 Å². The molecule has 1 unspecified atom stereocenters. The molecule has 1 fully saturated rings. The number of carbonyl (C=O) groups excluding carboxylic acids is 1. The molecule has 202 valence electrons. The van der Waals surface area contributed by atoms with Crippen LogP contribution in [0.2, 0.25) is 0 Å². The summed E-state index contributed by atoms with van der Waals surface area (Å²) in [5, 5.41) is 2.01. The average molecular weight is 555 g/mol. The maximum atomic E-state index is 13.0. The van der Waals surface area contributed by atoms with Crippen molar-refractivity contribution in [3.63, 3.8) is 0 Å². The van der Waals surface area contributed by atoms with Gasteiger partial charge in [-0.3, -0.25) is 4.79 Å². The van der Waals surface area contributed by atoms with Crippen LogP contribution in [-0.2, 0) is 23.6 Å². The molecule has 2 aliphatic heterocycles. The van der Waals surface area contributed by atoms with Crippen molar-refractivity contribution in [2.45, 2.75) is 43.4 Å². The van der Waals surface area contributed by atoms with E-state index in [1.54, 1.807) is 34.9 Å². The number of alkyl halides is 6. The number of thioether (sulfide) groups is 1. The Morgan fingerprint density at radius 1 is 1.00 bits per heavy atom. The van der Waals surface area contributed by atoms with E-state index in [9.17, 15) is 31.1 Å². The van der Waals surface area contributed by atoms with Gasteiger partial charge in [-0.1, -0.05) is 12.1 Å². The summed E-state index contributed by atoms with van der Waals surface area (Å²) in [5.74, 6) is -0.792. The van der Waals surface area contributed by atoms with Crippen molar-refractivity contribution in [2.75, 3.05) is 18.0 Å². The highest BCUT2D eigenvalue weighted by atomic mass is 32.2. The van der Waals surface area contributed by atoms with Crippen molar-refractivity contribution in [1.82, 2.24) is 14.9 Å². The molecule has 1 aromatic heterocycles. The Balaban J connectivity index is 1.16. The third-order valence-corrected chi connectivity index (χ3v) is 8.12. The number of halogens is 6. The minimum Gasteiger partial charge on any atom is -0.343 e. The highest BCUT2D eigenvalue weighted by molar-refractivity contribution is 8.03. The van der Waals surface area contributed by atoms with Crippen LogP contribution in [0.25, 0.3) is 11.0 Å². The number of benzene rings is 2. The topological polar surface area (TPSA) is 52.2 Å². The number of nitrogens with one attached hydrogen (secondary N) is 1. The molecule has 12 heteroatoms. The van der Waals surface area contributed by atoms with Crippen molar-refractivity contribution in [1.29, 1.82) is 0 Å². The molecule has 0 aliphatic carbocycles. The maximum Gasteiger partial charge on any atom is 0.449 e. The van der Waals surface area contributed by atoms with Gasteiger partial charge in [-0.05, 0) is 66.5 Å². The van der Waals surface area contributed by atoms with E-state index in [0.29, 0.717) is 30.6 Å². The lowest BCUT2D eigenvalue weighted by atomic mass is 9.95. The number of hydrogen-bond donors (Lipinski definition) is 1. The van der Waals surface area contributed by atoms with E-state index in [2.05, 4.69) is 9.97 Å². The molecule has 0 saturated carbocycles. The van der Waals surface area contributed by atoms with Gasteiger partial charge >= 0.3 is 12.4 Å². The summed E-state index contributed by atoms with van der Waals surface area (Å²) in [7, 11) is 0. The van der Waals surface area contributed by atoms with Crippen LogP contribution in [0, 0.1) is 5.92 Å². The zero-order valence-electron chi connectivity index (χ0n) is 20.0. The van der Waals surface area contributed by atoms with Crippen LogP contribution in [0.3, 0.4) is 0 Å². The van der Waals surface area contributed by atoms with Crippen LogP contribution < -0.4 is 4.90 Å². The number of H-pyrrole nitrogens is 1. The number of anilines is 1. The lowest BCUT2D eigenvalue weighted by Crippen LogP contribution is -2.43. The van der Waals surface area contributed by atoms with Crippen LogP contribution >= 0.6 is 11.8 Å². The minimum absolute atomic E-state index is 0.0261. The minimum atomic E-state index is -4.55. The second-order valence-electron chi connectivity index (χ2n) is 9.42. The number of aromatic nitrogens is 2. The normalized spacial score (nSPS) is 19.1. The van der Waals surface area contributed by atoms with E-state index in [4.69, 9.17) is 0 Å². The van der Waals surface area contributed by atoms with Gasteiger partial charge in [0, 0.05) is 31.4 Å². The zero-order valence-corrected chi connectivity index (χ0v) is 20.8.